The number of rotatable bonds is 4. The van der Waals surface area contributed by atoms with E-state index in [0.29, 0.717) is 10.8 Å². The van der Waals surface area contributed by atoms with Crippen molar-refractivity contribution in [3.8, 4) is 0 Å². The van der Waals surface area contributed by atoms with Crippen LogP contribution in [0.4, 0.5) is 5.69 Å². The number of nitrogens with one attached hydrogen (secondary N) is 1. The molecule has 1 aliphatic heterocycles. The predicted molar refractivity (Wildman–Crippen MR) is 119 cm³/mol. The van der Waals surface area contributed by atoms with Crippen LogP contribution in [0.25, 0.3) is 0 Å². The number of carbonyl (C=O) groups excluding carboxylic acids is 2. The zero-order valence-corrected chi connectivity index (χ0v) is 19.4. The monoisotopic (exact) mass is 420 g/mol. The topological polar surface area (TPSA) is 58.6 Å². The van der Waals surface area contributed by atoms with Gasteiger partial charge in [0.1, 0.15) is 4.88 Å². The molecule has 0 spiro atoms. The van der Waals surface area contributed by atoms with E-state index < -0.39 is 0 Å². The van der Waals surface area contributed by atoms with Crippen LogP contribution in [0.5, 0.6) is 0 Å². The van der Waals surface area contributed by atoms with E-state index in [1.165, 1.54) is 18.4 Å². The number of amides is 1. The summed E-state index contributed by atoms with van der Waals surface area (Å²) in [5, 5.41) is 3.40. The lowest BCUT2D eigenvalue weighted by molar-refractivity contribution is -0.124. The third-order valence-electron chi connectivity index (χ3n) is 6.36. The van der Waals surface area contributed by atoms with Crippen molar-refractivity contribution in [3.63, 3.8) is 0 Å². The standard InChI is InChI=1S/C23H36N2O3S/c1-15-6-8-16(9-7-15)21(26)25(17-10-12-24-13-11-17)18-14-19(23(2,3)4)29-20(18)22(27)28-5/h14-17,24H,6-13H2,1-5H3. The molecule has 0 aromatic carbocycles. The van der Waals surface area contributed by atoms with Crippen LogP contribution in [0.3, 0.4) is 0 Å². The van der Waals surface area contributed by atoms with Gasteiger partial charge in [0.15, 0.2) is 0 Å². The Kier molecular flexibility index (Phi) is 7.05. The van der Waals surface area contributed by atoms with Crippen LogP contribution in [-0.4, -0.2) is 38.1 Å². The van der Waals surface area contributed by atoms with Crippen molar-refractivity contribution in [2.45, 2.75) is 77.7 Å². The van der Waals surface area contributed by atoms with Crippen LogP contribution in [-0.2, 0) is 14.9 Å². The van der Waals surface area contributed by atoms with Gasteiger partial charge in [0.2, 0.25) is 5.91 Å². The summed E-state index contributed by atoms with van der Waals surface area (Å²) in [5.74, 6) is 0.618. The molecule has 0 radical (unpaired) electrons. The van der Waals surface area contributed by atoms with Crippen molar-refractivity contribution < 1.29 is 14.3 Å². The zero-order chi connectivity index (χ0) is 21.2. The van der Waals surface area contributed by atoms with E-state index in [9.17, 15) is 9.59 Å². The number of piperidine rings is 1. The van der Waals surface area contributed by atoms with Gasteiger partial charge in [-0.05, 0) is 69.0 Å². The van der Waals surface area contributed by atoms with Gasteiger partial charge >= 0.3 is 5.97 Å². The van der Waals surface area contributed by atoms with Crippen molar-refractivity contribution in [1.82, 2.24) is 5.32 Å². The number of thiophene rings is 1. The van der Waals surface area contributed by atoms with Crippen LogP contribution in [0.15, 0.2) is 6.07 Å². The van der Waals surface area contributed by atoms with Crippen molar-refractivity contribution in [3.05, 3.63) is 15.8 Å². The van der Waals surface area contributed by atoms with Gasteiger partial charge in [0, 0.05) is 16.8 Å². The Morgan fingerprint density at radius 1 is 1.10 bits per heavy atom. The molecule has 1 saturated carbocycles. The zero-order valence-electron chi connectivity index (χ0n) is 18.5. The Labute approximate surface area is 179 Å². The SMILES string of the molecule is COC(=O)c1sc(C(C)(C)C)cc1N(C(=O)C1CCC(C)CC1)C1CCNCC1. The Balaban J connectivity index is 2.02. The van der Waals surface area contributed by atoms with E-state index in [2.05, 4.69) is 39.1 Å². The fourth-order valence-corrected chi connectivity index (χ4v) is 5.56. The van der Waals surface area contributed by atoms with Crippen LogP contribution >= 0.6 is 11.3 Å². The van der Waals surface area contributed by atoms with Gasteiger partial charge in [-0.2, -0.15) is 0 Å². The van der Waals surface area contributed by atoms with Gasteiger partial charge in [0.25, 0.3) is 0 Å². The highest BCUT2D eigenvalue weighted by molar-refractivity contribution is 7.14. The van der Waals surface area contributed by atoms with E-state index in [1.807, 2.05) is 4.90 Å². The normalized spacial score (nSPS) is 23.6. The Morgan fingerprint density at radius 2 is 1.72 bits per heavy atom. The van der Waals surface area contributed by atoms with E-state index in [4.69, 9.17) is 4.74 Å². The lowest BCUT2D eigenvalue weighted by Crippen LogP contribution is -2.49. The maximum Gasteiger partial charge on any atom is 0.350 e. The number of anilines is 1. The molecule has 0 bridgehead atoms. The average molecular weight is 421 g/mol. The van der Waals surface area contributed by atoms with E-state index in [1.54, 1.807) is 0 Å². The maximum absolute atomic E-state index is 13.8. The molecule has 162 valence electrons. The first-order valence-electron chi connectivity index (χ1n) is 11.0. The molecular formula is C23H36N2O3S. The fraction of sp³-hybridized carbons (Fsp3) is 0.739. The van der Waals surface area contributed by atoms with Crippen LogP contribution in [0.2, 0.25) is 0 Å². The van der Waals surface area contributed by atoms with Gasteiger partial charge in [-0.25, -0.2) is 4.79 Å². The van der Waals surface area contributed by atoms with Crippen molar-refractivity contribution in [2.75, 3.05) is 25.1 Å². The molecule has 1 amide bonds. The first-order valence-corrected chi connectivity index (χ1v) is 11.8. The molecule has 1 aliphatic carbocycles. The lowest BCUT2D eigenvalue weighted by Gasteiger charge is -2.38. The summed E-state index contributed by atoms with van der Waals surface area (Å²) >= 11 is 1.47. The predicted octanol–water partition coefficient (Wildman–Crippen LogP) is 4.74. The summed E-state index contributed by atoms with van der Waals surface area (Å²) in [6.45, 7) is 10.5. The molecule has 1 saturated heterocycles. The van der Waals surface area contributed by atoms with Gasteiger partial charge in [-0.15, -0.1) is 11.3 Å². The molecule has 1 aromatic heterocycles. The highest BCUT2D eigenvalue weighted by Crippen LogP contribution is 2.41. The lowest BCUT2D eigenvalue weighted by atomic mass is 9.82. The largest absolute Gasteiger partial charge is 0.465 e. The molecule has 1 aromatic rings. The Bertz CT molecular complexity index is 723. The molecule has 2 heterocycles. The summed E-state index contributed by atoms with van der Waals surface area (Å²) < 4.78 is 5.10. The van der Waals surface area contributed by atoms with Crippen LogP contribution in [0, 0.1) is 11.8 Å². The van der Waals surface area contributed by atoms with Crippen LogP contribution < -0.4 is 10.2 Å². The minimum atomic E-state index is -0.343. The number of hydrogen-bond donors (Lipinski definition) is 1. The minimum Gasteiger partial charge on any atom is -0.465 e. The molecule has 1 N–H and O–H groups in total. The molecule has 2 aliphatic rings. The molecule has 5 nitrogen and oxygen atoms in total. The molecule has 2 fully saturated rings. The quantitative estimate of drug-likeness (QED) is 0.715. The van der Waals surface area contributed by atoms with E-state index in [0.717, 1.165) is 62.2 Å². The molecule has 3 rings (SSSR count). The molecule has 0 atom stereocenters. The maximum atomic E-state index is 13.8. The number of ether oxygens (including phenoxy) is 1. The first-order chi connectivity index (χ1) is 13.7. The van der Waals surface area contributed by atoms with Gasteiger partial charge in [-0.3, -0.25) is 4.79 Å². The Morgan fingerprint density at radius 3 is 2.28 bits per heavy atom. The van der Waals surface area contributed by atoms with E-state index >= 15 is 0 Å². The highest BCUT2D eigenvalue weighted by atomic mass is 32.1. The summed E-state index contributed by atoms with van der Waals surface area (Å²) in [6, 6.07) is 2.20. The van der Waals surface area contributed by atoms with Gasteiger partial charge in [-0.1, -0.05) is 27.7 Å². The summed E-state index contributed by atoms with van der Waals surface area (Å²) in [4.78, 5) is 30.1. The number of nitrogens with zero attached hydrogens (tertiary/aromatic N) is 1. The van der Waals surface area contributed by atoms with Crippen LogP contribution in [0.1, 0.15) is 80.8 Å². The smallest absolute Gasteiger partial charge is 0.350 e. The fourth-order valence-electron chi connectivity index (χ4n) is 4.43. The second-order valence-corrected chi connectivity index (χ2v) is 10.8. The second kappa shape index (κ2) is 9.17. The minimum absolute atomic E-state index is 0.0598. The number of hydrogen-bond acceptors (Lipinski definition) is 5. The van der Waals surface area contributed by atoms with Crippen molar-refractivity contribution in [1.29, 1.82) is 0 Å². The molecule has 6 heteroatoms. The molecule has 29 heavy (non-hydrogen) atoms. The summed E-state index contributed by atoms with van der Waals surface area (Å²) in [5.41, 5.74) is 0.678. The van der Waals surface area contributed by atoms with Gasteiger partial charge < -0.3 is 15.0 Å². The third kappa shape index (κ3) is 5.02. The summed E-state index contributed by atoms with van der Waals surface area (Å²) in [6.07, 6.45) is 5.94. The first kappa shape index (κ1) is 22.3. The molecular weight excluding hydrogens is 384 g/mol. The molecule has 0 unspecified atom stereocenters. The van der Waals surface area contributed by atoms with Gasteiger partial charge in [0.05, 0.1) is 12.8 Å². The second-order valence-electron chi connectivity index (χ2n) is 9.71. The third-order valence-corrected chi connectivity index (χ3v) is 7.89. The number of esters is 1. The average Bonchev–Trinajstić information content (AvgIpc) is 3.14. The number of carbonyl (C=O) groups is 2. The Hall–Kier alpha value is -1.40. The summed E-state index contributed by atoms with van der Waals surface area (Å²) in [7, 11) is 1.42. The van der Waals surface area contributed by atoms with Crippen molar-refractivity contribution >= 4 is 28.9 Å². The van der Waals surface area contributed by atoms with Crippen molar-refractivity contribution in [2.24, 2.45) is 11.8 Å². The van der Waals surface area contributed by atoms with E-state index in [-0.39, 0.29) is 29.3 Å². The highest BCUT2D eigenvalue weighted by Gasteiger charge is 2.37. The number of methoxy groups -OCH3 is 1.